The van der Waals surface area contributed by atoms with Crippen LogP contribution in [0.3, 0.4) is 0 Å². The third-order valence-corrected chi connectivity index (χ3v) is 2.79. The van der Waals surface area contributed by atoms with E-state index in [1.165, 1.54) is 4.90 Å². The summed E-state index contributed by atoms with van der Waals surface area (Å²) in [6.45, 7) is 0.134. The van der Waals surface area contributed by atoms with Gasteiger partial charge < -0.3 is 10.4 Å². The monoisotopic (exact) mass is 197 g/mol. The lowest BCUT2D eigenvalue weighted by molar-refractivity contribution is 0.251. The number of likely N-dealkylation sites (N-methyl/N-ethyl adjacent to an activating group) is 1. The first-order chi connectivity index (χ1) is 6.31. The summed E-state index contributed by atoms with van der Waals surface area (Å²) < 4.78 is 0. The number of hydrogen-bond donors (Lipinski definition) is 2. The Morgan fingerprint density at radius 2 is 2.00 bits per heavy atom. The Hall–Kier alpha value is -0.510. The quantitative estimate of drug-likeness (QED) is 0.720. The molecule has 0 fully saturated rings. The molecule has 1 atom stereocenters. The van der Waals surface area contributed by atoms with Crippen LogP contribution < -0.4 is 5.32 Å². The lowest BCUT2D eigenvalue weighted by Gasteiger charge is -2.13. The number of benzene rings is 1. The molecular weight excluding hydrogens is 182 g/mol. The van der Waals surface area contributed by atoms with E-state index in [1.54, 1.807) is 11.8 Å². The van der Waals surface area contributed by atoms with Gasteiger partial charge in [-0.1, -0.05) is 12.1 Å². The smallest absolute Gasteiger partial charge is 0.0626 e. The maximum atomic E-state index is 9.04. The zero-order valence-corrected chi connectivity index (χ0v) is 8.77. The van der Waals surface area contributed by atoms with Gasteiger partial charge in [0.25, 0.3) is 0 Å². The van der Waals surface area contributed by atoms with Crippen molar-refractivity contribution in [2.24, 2.45) is 0 Å². The predicted octanol–water partition coefficient (Wildman–Crippen LogP) is 1.66. The molecule has 0 aliphatic heterocycles. The van der Waals surface area contributed by atoms with Crippen LogP contribution in [0.25, 0.3) is 0 Å². The summed E-state index contributed by atoms with van der Waals surface area (Å²) in [5, 5.41) is 12.1. The molecule has 0 bridgehead atoms. The van der Waals surface area contributed by atoms with Gasteiger partial charge in [-0.15, -0.1) is 11.8 Å². The first-order valence-corrected chi connectivity index (χ1v) is 5.46. The molecule has 2 N–H and O–H groups in total. The number of hydrogen-bond acceptors (Lipinski definition) is 3. The fourth-order valence-electron chi connectivity index (χ4n) is 1.20. The molecule has 1 rings (SSSR count). The third kappa shape index (κ3) is 2.72. The zero-order valence-electron chi connectivity index (χ0n) is 7.95. The summed E-state index contributed by atoms with van der Waals surface area (Å²) >= 11 is 1.72. The topological polar surface area (TPSA) is 32.3 Å². The lowest BCUT2D eigenvalue weighted by Crippen LogP contribution is -2.19. The minimum absolute atomic E-state index is 0.0518. The molecule has 0 amide bonds. The van der Waals surface area contributed by atoms with Crippen molar-refractivity contribution >= 4 is 11.8 Å². The normalized spacial score (nSPS) is 12.8. The van der Waals surface area contributed by atoms with Crippen LogP contribution in [0.2, 0.25) is 0 Å². The van der Waals surface area contributed by atoms with Crippen molar-refractivity contribution in [1.82, 2.24) is 5.32 Å². The fraction of sp³-hybridized carbons (Fsp3) is 0.400. The summed E-state index contributed by atoms with van der Waals surface area (Å²) in [6, 6.07) is 8.28. The van der Waals surface area contributed by atoms with E-state index in [0.29, 0.717) is 0 Å². The number of thioether (sulfide) groups is 1. The minimum Gasteiger partial charge on any atom is -0.394 e. The molecule has 0 radical (unpaired) electrons. The molecule has 0 aliphatic carbocycles. The summed E-state index contributed by atoms with van der Waals surface area (Å²) in [5.41, 5.74) is 1.13. The van der Waals surface area contributed by atoms with Gasteiger partial charge in [-0.3, -0.25) is 0 Å². The second-order valence-electron chi connectivity index (χ2n) is 2.80. The van der Waals surface area contributed by atoms with Crippen molar-refractivity contribution in [3.8, 4) is 0 Å². The molecule has 0 aliphatic rings. The minimum atomic E-state index is 0.0518. The Labute approximate surface area is 83.4 Å². The third-order valence-electron chi connectivity index (χ3n) is 2.05. The molecule has 0 spiro atoms. The Bertz CT molecular complexity index is 244. The highest BCUT2D eigenvalue weighted by molar-refractivity contribution is 7.98. The largest absolute Gasteiger partial charge is 0.394 e. The lowest BCUT2D eigenvalue weighted by atomic mass is 10.1. The molecule has 13 heavy (non-hydrogen) atoms. The zero-order chi connectivity index (χ0) is 9.68. The molecule has 0 aromatic heterocycles. The fourth-order valence-corrected chi connectivity index (χ4v) is 1.61. The van der Waals surface area contributed by atoms with Gasteiger partial charge in [0.1, 0.15) is 0 Å². The van der Waals surface area contributed by atoms with E-state index in [9.17, 15) is 0 Å². The van der Waals surface area contributed by atoms with Crippen molar-refractivity contribution in [2.75, 3.05) is 19.9 Å². The van der Waals surface area contributed by atoms with Gasteiger partial charge in [0.2, 0.25) is 0 Å². The Morgan fingerprint density at radius 3 is 2.38 bits per heavy atom. The average Bonchev–Trinajstić information content (AvgIpc) is 2.21. The standard InChI is InChI=1S/C10H15NOS/c1-11-10(7-12)8-3-5-9(13-2)6-4-8/h3-6,10-12H,7H2,1-2H3. The van der Waals surface area contributed by atoms with Crippen LogP contribution in [0, 0.1) is 0 Å². The van der Waals surface area contributed by atoms with E-state index < -0.39 is 0 Å². The molecule has 0 heterocycles. The van der Waals surface area contributed by atoms with E-state index in [0.717, 1.165) is 5.56 Å². The first-order valence-electron chi connectivity index (χ1n) is 4.24. The van der Waals surface area contributed by atoms with Crippen LogP contribution in [0.4, 0.5) is 0 Å². The summed E-state index contributed by atoms with van der Waals surface area (Å²) in [5.74, 6) is 0. The maximum Gasteiger partial charge on any atom is 0.0626 e. The van der Waals surface area contributed by atoms with Gasteiger partial charge >= 0.3 is 0 Å². The second-order valence-corrected chi connectivity index (χ2v) is 3.68. The summed E-state index contributed by atoms with van der Waals surface area (Å²) in [6.07, 6.45) is 2.05. The van der Waals surface area contributed by atoms with Crippen LogP contribution in [0.5, 0.6) is 0 Å². The van der Waals surface area contributed by atoms with Crippen molar-refractivity contribution in [3.63, 3.8) is 0 Å². The van der Waals surface area contributed by atoms with Gasteiger partial charge in [-0.2, -0.15) is 0 Å². The van der Waals surface area contributed by atoms with Crippen molar-refractivity contribution in [2.45, 2.75) is 10.9 Å². The highest BCUT2D eigenvalue weighted by Crippen LogP contribution is 2.18. The van der Waals surface area contributed by atoms with E-state index in [1.807, 2.05) is 19.2 Å². The average molecular weight is 197 g/mol. The number of aliphatic hydroxyl groups excluding tert-OH is 1. The predicted molar refractivity (Wildman–Crippen MR) is 57.1 cm³/mol. The van der Waals surface area contributed by atoms with Crippen LogP contribution in [-0.2, 0) is 0 Å². The highest BCUT2D eigenvalue weighted by Gasteiger charge is 2.06. The summed E-state index contributed by atoms with van der Waals surface area (Å²) in [7, 11) is 1.85. The van der Waals surface area contributed by atoms with E-state index in [4.69, 9.17) is 5.11 Å². The van der Waals surface area contributed by atoms with Gasteiger partial charge in [0.05, 0.1) is 12.6 Å². The Balaban J connectivity index is 2.78. The van der Waals surface area contributed by atoms with E-state index in [2.05, 4.69) is 23.7 Å². The maximum absolute atomic E-state index is 9.04. The van der Waals surface area contributed by atoms with Crippen LogP contribution >= 0.6 is 11.8 Å². The molecule has 3 heteroatoms. The molecule has 1 aromatic rings. The van der Waals surface area contributed by atoms with Crippen LogP contribution in [0.15, 0.2) is 29.2 Å². The summed E-state index contributed by atoms with van der Waals surface area (Å²) in [4.78, 5) is 1.25. The van der Waals surface area contributed by atoms with Crippen molar-refractivity contribution < 1.29 is 5.11 Å². The van der Waals surface area contributed by atoms with Crippen molar-refractivity contribution in [3.05, 3.63) is 29.8 Å². The van der Waals surface area contributed by atoms with E-state index in [-0.39, 0.29) is 12.6 Å². The van der Waals surface area contributed by atoms with Gasteiger partial charge in [0, 0.05) is 4.90 Å². The molecule has 2 nitrogen and oxygen atoms in total. The number of aliphatic hydroxyl groups is 1. The molecule has 1 aromatic carbocycles. The van der Waals surface area contributed by atoms with E-state index >= 15 is 0 Å². The Kier molecular flexibility index (Phi) is 4.28. The van der Waals surface area contributed by atoms with Gasteiger partial charge in [-0.25, -0.2) is 0 Å². The molecule has 0 saturated heterocycles. The van der Waals surface area contributed by atoms with Gasteiger partial charge in [0.15, 0.2) is 0 Å². The first kappa shape index (κ1) is 10.6. The molecule has 72 valence electrons. The van der Waals surface area contributed by atoms with Crippen molar-refractivity contribution in [1.29, 1.82) is 0 Å². The highest BCUT2D eigenvalue weighted by atomic mass is 32.2. The van der Waals surface area contributed by atoms with Gasteiger partial charge in [-0.05, 0) is 31.0 Å². The number of rotatable bonds is 4. The Morgan fingerprint density at radius 1 is 1.38 bits per heavy atom. The van der Waals surface area contributed by atoms with Crippen LogP contribution in [0.1, 0.15) is 11.6 Å². The SMILES string of the molecule is CNC(CO)c1ccc(SC)cc1. The van der Waals surface area contributed by atoms with Crippen LogP contribution in [-0.4, -0.2) is 25.0 Å². The second kappa shape index (κ2) is 5.27. The number of nitrogens with one attached hydrogen (secondary N) is 1. The molecule has 0 saturated carbocycles. The molecule has 1 unspecified atom stereocenters. The molecular formula is C10H15NOS.